The van der Waals surface area contributed by atoms with E-state index < -0.39 is 12.4 Å². The number of ether oxygens (including phenoxy) is 1. The summed E-state index contributed by atoms with van der Waals surface area (Å²) in [6, 6.07) is 1.54. The second kappa shape index (κ2) is 5.95. The van der Waals surface area contributed by atoms with Crippen LogP contribution in [-0.4, -0.2) is 43.0 Å². The van der Waals surface area contributed by atoms with Crippen molar-refractivity contribution in [1.82, 2.24) is 4.90 Å². The van der Waals surface area contributed by atoms with Gasteiger partial charge >= 0.3 is 5.97 Å². The third kappa shape index (κ3) is 3.53. The van der Waals surface area contributed by atoms with Gasteiger partial charge in [-0.1, -0.05) is 0 Å². The van der Waals surface area contributed by atoms with Gasteiger partial charge < -0.3 is 9.15 Å². The summed E-state index contributed by atoms with van der Waals surface area (Å²) in [5.74, 6) is -0.420. The molecule has 1 aliphatic heterocycles. The minimum Gasteiger partial charge on any atom is -0.472 e. The standard InChI is InChI=1S/C12H15F2NO3/c13-11(14)7-15-4-1-10(2-5-15)18-12(16)9-3-6-17-8-9/h3,6,8,10-11H,1-2,4-5,7H2. The van der Waals surface area contributed by atoms with Crippen molar-refractivity contribution in [3.8, 4) is 0 Å². The molecule has 1 fully saturated rings. The number of hydrogen-bond donors (Lipinski definition) is 0. The first kappa shape index (κ1) is 13.0. The first-order chi connectivity index (χ1) is 8.65. The number of carbonyl (C=O) groups is 1. The fraction of sp³-hybridized carbons (Fsp3) is 0.583. The molecule has 0 atom stereocenters. The number of hydrogen-bond acceptors (Lipinski definition) is 4. The molecule has 0 saturated carbocycles. The SMILES string of the molecule is O=C(OC1CCN(CC(F)F)CC1)c1ccoc1. The maximum Gasteiger partial charge on any atom is 0.341 e. The summed E-state index contributed by atoms with van der Waals surface area (Å²) in [6.07, 6.45) is 1.42. The van der Waals surface area contributed by atoms with Crippen molar-refractivity contribution in [3.05, 3.63) is 24.2 Å². The highest BCUT2D eigenvalue weighted by atomic mass is 19.3. The van der Waals surface area contributed by atoms with E-state index in [-0.39, 0.29) is 12.6 Å². The van der Waals surface area contributed by atoms with Gasteiger partial charge in [-0.05, 0) is 18.9 Å². The van der Waals surface area contributed by atoms with Gasteiger partial charge in [0, 0.05) is 13.1 Å². The van der Waals surface area contributed by atoms with Crippen LogP contribution in [0.3, 0.4) is 0 Å². The zero-order valence-electron chi connectivity index (χ0n) is 9.85. The van der Waals surface area contributed by atoms with Gasteiger partial charge in [0.25, 0.3) is 6.43 Å². The average Bonchev–Trinajstić information content (AvgIpc) is 2.84. The fourth-order valence-corrected chi connectivity index (χ4v) is 2.00. The highest BCUT2D eigenvalue weighted by Crippen LogP contribution is 2.16. The second-order valence-electron chi connectivity index (χ2n) is 4.31. The first-order valence-electron chi connectivity index (χ1n) is 5.89. The Kier molecular flexibility index (Phi) is 4.30. The molecule has 18 heavy (non-hydrogen) atoms. The van der Waals surface area contributed by atoms with Gasteiger partial charge in [-0.15, -0.1) is 0 Å². The van der Waals surface area contributed by atoms with Crippen LogP contribution in [0.4, 0.5) is 8.78 Å². The number of rotatable bonds is 4. The summed E-state index contributed by atoms with van der Waals surface area (Å²) in [5.41, 5.74) is 0.380. The Morgan fingerprint density at radius 2 is 2.22 bits per heavy atom. The van der Waals surface area contributed by atoms with Crippen LogP contribution in [-0.2, 0) is 4.74 Å². The summed E-state index contributed by atoms with van der Waals surface area (Å²) >= 11 is 0. The van der Waals surface area contributed by atoms with Gasteiger partial charge in [-0.3, -0.25) is 4.90 Å². The van der Waals surface area contributed by atoms with E-state index in [9.17, 15) is 13.6 Å². The van der Waals surface area contributed by atoms with E-state index in [0.717, 1.165) is 0 Å². The molecule has 0 N–H and O–H groups in total. The summed E-state index contributed by atoms with van der Waals surface area (Å²) in [6.45, 7) is 0.865. The first-order valence-corrected chi connectivity index (χ1v) is 5.89. The highest BCUT2D eigenvalue weighted by molar-refractivity contribution is 5.88. The topological polar surface area (TPSA) is 42.7 Å². The van der Waals surface area contributed by atoms with Crippen LogP contribution >= 0.6 is 0 Å². The maximum absolute atomic E-state index is 12.2. The monoisotopic (exact) mass is 259 g/mol. The van der Waals surface area contributed by atoms with Crippen LogP contribution in [0.25, 0.3) is 0 Å². The molecule has 0 bridgehead atoms. The molecule has 0 amide bonds. The number of esters is 1. The smallest absolute Gasteiger partial charge is 0.341 e. The molecule has 100 valence electrons. The predicted octanol–water partition coefficient (Wildman–Crippen LogP) is 2.17. The quantitative estimate of drug-likeness (QED) is 0.777. The Balaban J connectivity index is 1.75. The maximum atomic E-state index is 12.2. The van der Waals surface area contributed by atoms with Gasteiger partial charge in [-0.25, -0.2) is 13.6 Å². The van der Waals surface area contributed by atoms with E-state index in [0.29, 0.717) is 31.5 Å². The second-order valence-corrected chi connectivity index (χ2v) is 4.31. The number of nitrogens with zero attached hydrogens (tertiary/aromatic N) is 1. The molecule has 0 unspecified atom stereocenters. The van der Waals surface area contributed by atoms with Crippen molar-refractivity contribution in [2.45, 2.75) is 25.4 Å². The van der Waals surface area contributed by atoms with Gasteiger partial charge in [0.1, 0.15) is 12.4 Å². The molecule has 1 aliphatic rings. The molecule has 0 aromatic carbocycles. The Morgan fingerprint density at radius 3 is 2.78 bits per heavy atom. The molecule has 0 radical (unpaired) electrons. The van der Waals surface area contributed by atoms with Crippen molar-refractivity contribution >= 4 is 5.97 Å². The Morgan fingerprint density at radius 1 is 1.50 bits per heavy atom. The van der Waals surface area contributed by atoms with Crippen LogP contribution in [0.2, 0.25) is 0 Å². The minimum atomic E-state index is -2.31. The van der Waals surface area contributed by atoms with E-state index >= 15 is 0 Å². The van der Waals surface area contributed by atoms with Crippen molar-refractivity contribution in [2.75, 3.05) is 19.6 Å². The predicted molar refractivity (Wildman–Crippen MR) is 59.6 cm³/mol. The molecule has 0 spiro atoms. The van der Waals surface area contributed by atoms with Crippen LogP contribution in [0, 0.1) is 0 Å². The van der Waals surface area contributed by atoms with Gasteiger partial charge in [0.2, 0.25) is 0 Å². The van der Waals surface area contributed by atoms with E-state index in [1.165, 1.54) is 18.6 Å². The summed E-state index contributed by atoms with van der Waals surface area (Å²) in [4.78, 5) is 13.3. The van der Waals surface area contributed by atoms with Crippen molar-refractivity contribution in [1.29, 1.82) is 0 Å². The molecule has 1 saturated heterocycles. The van der Waals surface area contributed by atoms with Crippen LogP contribution in [0.1, 0.15) is 23.2 Å². The average molecular weight is 259 g/mol. The van der Waals surface area contributed by atoms with Crippen LogP contribution < -0.4 is 0 Å². The zero-order chi connectivity index (χ0) is 13.0. The number of likely N-dealkylation sites (tertiary alicyclic amines) is 1. The molecular formula is C12H15F2NO3. The molecule has 1 aromatic heterocycles. The van der Waals surface area contributed by atoms with Crippen molar-refractivity contribution in [3.63, 3.8) is 0 Å². The third-order valence-corrected chi connectivity index (χ3v) is 2.96. The molecule has 1 aromatic rings. The summed E-state index contributed by atoms with van der Waals surface area (Å²) < 4.78 is 34.4. The lowest BCUT2D eigenvalue weighted by Gasteiger charge is -2.31. The zero-order valence-corrected chi connectivity index (χ0v) is 9.85. The summed E-state index contributed by atoms with van der Waals surface area (Å²) in [7, 11) is 0. The minimum absolute atomic E-state index is 0.193. The highest BCUT2D eigenvalue weighted by Gasteiger charge is 2.24. The Labute approximate surface area is 104 Å². The van der Waals surface area contributed by atoms with E-state index in [1.807, 2.05) is 0 Å². The third-order valence-electron chi connectivity index (χ3n) is 2.96. The van der Waals surface area contributed by atoms with Crippen molar-refractivity contribution < 1.29 is 22.7 Å². The lowest BCUT2D eigenvalue weighted by atomic mass is 10.1. The van der Waals surface area contributed by atoms with Gasteiger partial charge in [0.05, 0.1) is 18.4 Å². The van der Waals surface area contributed by atoms with E-state index in [4.69, 9.17) is 9.15 Å². The van der Waals surface area contributed by atoms with Crippen LogP contribution in [0.15, 0.2) is 23.0 Å². The number of furan rings is 1. The molecule has 2 heterocycles. The number of halogens is 2. The fourth-order valence-electron chi connectivity index (χ4n) is 2.00. The number of alkyl halides is 2. The number of carbonyl (C=O) groups excluding carboxylic acids is 1. The molecule has 4 nitrogen and oxygen atoms in total. The Hall–Kier alpha value is -1.43. The molecule has 0 aliphatic carbocycles. The van der Waals surface area contributed by atoms with E-state index in [1.54, 1.807) is 4.90 Å². The molecule has 2 rings (SSSR count). The lowest BCUT2D eigenvalue weighted by Crippen LogP contribution is -2.40. The van der Waals surface area contributed by atoms with E-state index in [2.05, 4.69) is 0 Å². The lowest BCUT2D eigenvalue weighted by molar-refractivity contribution is 0.00221. The molecule has 6 heteroatoms. The largest absolute Gasteiger partial charge is 0.472 e. The molecular weight excluding hydrogens is 244 g/mol. The Bertz CT molecular complexity index is 373. The van der Waals surface area contributed by atoms with Gasteiger partial charge in [0.15, 0.2) is 0 Å². The summed E-state index contributed by atoms with van der Waals surface area (Å²) in [5, 5.41) is 0. The normalized spacial score (nSPS) is 18.2. The van der Waals surface area contributed by atoms with Crippen molar-refractivity contribution in [2.24, 2.45) is 0 Å². The van der Waals surface area contributed by atoms with Gasteiger partial charge in [-0.2, -0.15) is 0 Å². The van der Waals surface area contributed by atoms with Crippen LogP contribution in [0.5, 0.6) is 0 Å². The number of piperidine rings is 1.